The van der Waals surface area contributed by atoms with Crippen LogP contribution in [0.5, 0.6) is 0 Å². The van der Waals surface area contributed by atoms with Crippen molar-refractivity contribution in [3.8, 4) is 0 Å². The fourth-order valence-electron chi connectivity index (χ4n) is 1.09. The third-order valence-corrected chi connectivity index (χ3v) is 3.14. The molecule has 1 atom stereocenters. The minimum atomic E-state index is 0.452. The second-order valence-corrected chi connectivity index (χ2v) is 3.94. The van der Waals surface area contributed by atoms with Gasteiger partial charge in [-0.2, -0.15) is 0 Å². The van der Waals surface area contributed by atoms with E-state index in [0.29, 0.717) is 6.04 Å². The molecule has 1 rings (SSSR count). The summed E-state index contributed by atoms with van der Waals surface area (Å²) in [7, 11) is 0. The van der Waals surface area contributed by atoms with Gasteiger partial charge >= 0.3 is 0 Å². The maximum absolute atomic E-state index is 4.32. The Morgan fingerprint density at radius 2 is 2.33 bits per heavy atom. The van der Waals surface area contributed by atoms with Crippen LogP contribution in [0.4, 0.5) is 0 Å². The van der Waals surface area contributed by atoms with E-state index in [0.717, 1.165) is 13.0 Å². The lowest BCUT2D eigenvalue weighted by Gasteiger charge is -2.07. The topological polar surface area (TPSA) is 24.9 Å². The molecule has 68 valence electrons. The Kier molecular flexibility index (Phi) is 3.69. The van der Waals surface area contributed by atoms with Crippen molar-refractivity contribution in [3.63, 3.8) is 0 Å². The Morgan fingerprint density at radius 1 is 1.58 bits per heavy atom. The molecular weight excluding hydrogens is 168 g/mol. The summed E-state index contributed by atoms with van der Waals surface area (Å²) in [5.41, 5.74) is 0. The molecule has 1 N–H and O–H groups in total. The second-order valence-electron chi connectivity index (χ2n) is 2.79. The maximum Gasteiger partial charge on any atom is 0.0925 e. The van der Waals surface area contributed by atoms with E-state index in [-0.39, 0.29) is 0 Å². The molecule has 0 saturated heterocycles. The van der Waals surface area contributed by atoms with E-state index in [2.05, 4.69) is 31.1 Å². The largest absolute Gasteiger partial charge is 0.310 e. The van der Waals surface area contributed by atoms with Gasteiger partial charge in [0, 0.05) is 17.1 Å². The highest BCUT2D eigenvalue weighted by molar-refractivity contribution is 7.11. The van der Waals surface area contributed by atoms with Crippen molar-refractivity contribution < 1.29 is 0 Å². The van der Waals surface area contributed by atoms with E-state index in [1.807, 2.05) is 17.5 Å². The highest BCUT2D eigenvalue weighted by Gasteiger charge is 2.06. The van der Waals surface area contributed by atoms with E-state index >= 15 is 0 Å². The summed E-state index contributed by atoms with van der Waals surface area (Å²) in [5, 5.41) is 4.60. The quantitative estimate of drug-likeness (QED) is 0.777. The monoisotopic (exact) mass is 184 g/mol. The summed E-state index contributed by atoms with van der Waals surface area (Å²) in [6.07, 6.45) is 3.03. The summed E-state index contributed by atoms with van der Waals surface area (Å²) in [6.45, 7) is 7.45. The molecule has 1 aromatic heterocycles. The SMILES string of the molecule is CCNC(C)c1cnc(CC)s1. The first-order valence-corrected chi connectivity index (χ1v) is 5.27. The summed E-state index contributed by atoms with van der Waals surface area (Å²) >= 11 is 1.81. The Balaban J connectivity index is 2.61. The van der Waals surface area contributed by atoms with Crippen LogP contribution in [0.2, 0.25) is 0 Å². The van der Waals surface area contributed by atoms with Crippen LogP contribution in [0, 0.1) is 0 Å². The van der Waals surface area contributed by atoms with Crippen LogP contribution in [0.1, 0.15) is 36.7 Å². The molecule has 0 saturated carbocycles. The van der Waals surface area contributed by atoms with Gasteiger partial charge in [0.1, 0.15) is 0 Å². The zero-order valence-electron chi connectivity index (χ0n) is 7.92. The highest BCUT2D eigenvalue weighted by Crippen LogP contribution is 2.20. The van der Waals surface area contributed by atoms with Crippen molar-refractivity contribution in [1.29, 1.82) is 0 Å². The summed E-state index contributed by atoms with van der Waals surface area (Å²) in [5.74, 6) is 0. The van der Waals surface area contributed by atoms with Gasteiger partial charge in [0.2, 0.25) is 0 Å². The predicted molar refractivity (Wildman–Crippen MR) is 53.6 cm³/mol. The molecule has 0 amide bonds. The molecule has 0 aromatic carbocycles. The van der Waals surface area contributed by atoms with Crippen molar-refractivity contribution in [3.05, 3.63) is 16.1 Å². The molecule has 1 unspecified atom stereocenters. The minimum absolute atomic E-state index is 0.452. The Hall–Kier alpha value is -0.410. The number of nitrogens with one attached hydrogen (secondary N) is 1. The van der Waals surface area contributed by atoms with Gasteiger partial charge in [-0.3, -0.25) is 0 Å². The molecule has 0 fully saturated rings. The molecule has 2 nitrogen and oxygen atoms in total. The number of rotatable bonds is 4. The van der Waals surface area contributed by atoms with Gasteiger partial charge in [0.25, 0.3) is 0 Å². The van der Waals surface area contributed by atoms with Gasteiger partial charge in [-0.05, 0) is 19.9 Å². The number of hydrogen-bond acceptors (Lipinski definition) is 3. The van der Waals surface area contributed by atoms with Crippen LogP contribution in [-0.2, 0) is 6.42 Å². The van der Waals surface area contributed by atoms with Gasteiger partial charge in [0.15, 0.2) is 0 Å². The number of aromatic nitrogens is 1. The molecule has 3 heteroatoms. The van der Waals surface area contributed by atoms with Crippen molar-refractivity contribution in [2.45, 2.75) is 33.2 Å². The molecule has 0 bridgehead atoms. The van der Waals surface area contributed by atoms with E-state index in [9.17, 15) is 0 Å². The molecule has 1 heterocycles. The fourth-order valence-corrected chi connectivity index (χ4v) is 1.98. The molecule has 0 radical (unpaired) electrons. The zero-order chi connectivity index (χ0) is 8.97. The fraction of sp³-hybridized carbons (Fsp3) is 0.667. The Bertz CT molecular complexity index is 232. The molecule has 0 aliphatic carbocycles. The van der Waals surface area contributed by atoms with Crippen molar-refractivity contribution in [1.82, 2.24) is 10.3 Å². The van der Waals surface area contributed by atoms with Crippen LogP contribution in [-0.4, -0.2) is 11.5 Å². The van der Waals surface area contributed by atoms with Crippen molar-refractivity contribution in [2.75, 3.05) is 6.54 Å². The smallest absolute Gasteiger partial charge is 0.0925 e. The summed E-state index contributed by atoms with van der Waals surface area (Å²) in [6, 6.07) is 0.452. The van der Waals surface area contributed by atoms with Crippen LogP contribution in [0.15, 0.2) is 6.20 Å². The molecule has 0 aliphatic heterocycles. The van der Waals surface area contributed by atoms with Crippen molar-refractivity contribution in [2.24, 2.45) is 0 Å². The van der Waals surface area contributed by atoms with Crippen LogP contribution in [0.25, 0.3) is 0 Å². The third kappa shape index (κ3) is 2.29. The average Bonchev–Trinajstić information content (AvgIpc) is 2.52. The number of hydrogen-bond donors (Lipinski definition) is 1. The van der Waals surface area contributed by atoms with Crippen LogP contribution in [0.3, 0.4) is 0 Å². The first-order valence-electron chi connectivity index (χ1n) is 4.45. The first-order chi connectivity index (χ1) is 5.77. The third-order valence-electron chi connectivity index (χ3n) is 1.81. The minimum Gasteiger partial charge on any atom is -0.310 e. The first kappa shape index (κ1) is 9.68. The second kappa shape index (κ2) is 4.58. The molecule has 12 heavy (non-hydrogen) atoms. The molecular formula is C9H16N2S. The van der Waals surface area contributed by atoms with Gasteiger partial charge in [-0.1, -0.05) is 13.8 Å². The normalized spacial score (nSPS) is 13.2. The lowest BCUT2D eigenvalue weighted by Crippen LogP contribution is -2.16. The van der Waals surface area contributed by atoms with Gasteiger partial charge in [-0.25, -0.2) is 4.98 Å². The standard InChI is InChI=1S/C9H16N2S/c1-4-9-11-6-8(12-9)7(3)10-5-2/h6-7,10H,4-5H2,1-3H3. The van der Waals surface area contributed by atoms with Gasteiger partial charge < -0.3 is 5.32 Å². The maximum atomic E-state index is 4.32. The molecule has 1 aromatic rings. The highest BCUT2D eigenvalue weighted by atomic mass is 32.1. The van der Waals surface area contributed by atoms with E-state index in [1.54, 1.807) is 0 Å². The molecule has 0 aliphatic rings. The van der Waals surface area contributed by atoms with Crippen LogP contribution >= 0.6 is 11.3 Å². The summed E-state index contributed by atoms with van der Waals surface area (Å²) < 4.78 is 0. The number of aryl methyl sites for hydroxylation is 1. The van der Waals surface area contributed by atoms with E-state index in [4.69, 9.17) is 0 Å². The average molecular weight is 184 g/mol. The molecule has 0 spiro atoms. The lowest BCUT2D eigenvalue weighted by molar-refractivity contribution is 0.606. The van der Waals surface area contributed by atoms with E-state index in [1.165, 1.54) is 9.88 Å². The summed E-state index contributed by atoms with van der Waals surface area (Å²) in [4.78, 5) is 5.66. The zero-order valence-corrected chi connectivity index (χ0v) is 8.74. The lowest BCUT2D eigenvalue weighted by atomic mass is 10.3. The Labute approximate surface area is 78.0 Å². The Morgan fingerprint density at radius 3 is 2.83 bits per heavy atom. The van der Waals surface area contributed by atoms with E-state index < -0.39 is 0 Å². The number of thiazole rings is 1. The number of nitrogens with zero attached hydrogens (tertiary/aromatic N) is 1. The van der Waals surface area contributed by atoms with Gasteiger partial charge in [0.05, 0.1) is 5.01 Å². The van der Waals surface area contributed by atoms with Crippen LogP contribution < -0.4 is 5.32 Å². The predicted octanol–water partition coefficient (Wildman–Crippen LogP) is 2.38. The van der Waals surface area contributed by atoms with Crippen molar-refractivity contribution >= 4 is 11.3 Å². The van der Waals surface area contributed by atoms with Gasteiger partial charge in [-0.15, -0.1) is 11.3 Å².